The maximum atomic E-state index is 5.09. The lowest BCUT2D eigenvalue weighted by molar-refractivity contribution is 2.13. The van der Waals surface area contributed by atoms with Gasteiger partial charge < -0.3 is 0 Å². The normalized spacial score (nSPS) is 5.75. The molecule has 0 radical (unpaired) electrons. The van der Waals surface area contributed by atoms with Gasteiger partial charge in [0.2, 0.25) is 0 Å². The molecule has 0 aromatic carbocycles. The van der Waals surface area contributed by atoms with Crippen molar-refractivity contribution in [1.29, 1.82) is 0 Å². The first-order valence-electron chi connectivity index (χ1n) is 1.35. The first kappa shape index (κ1) is 4.21. The van der Waals surface area contributed by atoms with Crippen molar-refractivity contribution < 1.29 is 0 Å². The van der Waals surface area contributed by atoms with Crippen LogP contribution in [0.15, 0.2) is 0 Å². The van der Waals surface area contributed by atoms with E-state index in [1.165, 1.54) is 15.9 Å². The summed E-state index contributed by atoms with van der Waals surface area (Å²) < 4.78 is 0. The molecule has 0 nitrogen and oxygen atoms in total. The fourth-order valence-electron chi connectivity index (χ4n) is 0. The molecule has 0 bridgehead atoms. The van der Waals surface area contributed by atoms with Crippen molar-refractivity contribution in [2.75, 3.05) is 0 Å². The molecule has 0 N–H and O–H groups in total. The Morgan fingerprint density at radius 2 is 2.25 bits per heavy atom. The zero-order valence-corrected chi connectivity index (χ0v) is 5.78. The van der Waals surface area contributed by atoms with E-state index in [1.54, 1.807) is 0 Å². The minimum Gasteiger partial charge on any atom is -0.158 e. The van der Waals surface area contributed by atoms with Crippen LogP contribution in [0, 0.1) is 6.00 Å². The summed E-state index contributed by atoms with van der Waals surface area (Å²) in [7, 11) is 1.98. The van der Waals surface area contributed by atoms with Crippen LogP contribution < -0.4 is 0 Å². The van der Waals surface area contributed by atoms with Gasteiger partial charge in [0.1, 0.15) is 0 Å². The first-order valence-corrected chi connectivity index (χ1v) is 4.05. The predicted octanol–water partition coefficient (Wildman–Crippen LogP) is -0.979. The van der Waals surface area contributed by atoms with Gasteiger partial charge in [-0.2, -0.15) is 6.00 Å². The summed E-state index contributed by atoms with van der Waals surface area (Å²) in [5, 5.41) is 0. The second kappa shape index (κ2) is 3.21. The molecule has 22 valence electrons. The third-order valence-electron chi connectivity index (χ3n) is 0.204. The third kappa shape index (κ3) is 2.21. The fraction of sp³-hybridized carbons (Fsp3) is 0.500. The molecule has 0 rings (SSSR count). The van der Waals surface area contributed by atoms with Crippen molar-refractivity contribution in [3.63, 3.8) is 0 Å². The Kier molecular flexibility index (Phi) is 3.39. The summed E-state index contributed by atoms with van der Waals surface area (Å²) in [6, 6.07) is 5.09. The molecule has 0 aromatic rings. The van der Waals surface area contributed by atoms with E-state index in [0.29, 0.717) is 8.96 Å². The number of rotatable bonds is 0. The molecule has 0 saturated heterocycles. The Labute approximate surface area is 31.7 Å². The van der Waals surface area contributed by atoms with Gasteiger partial charge in [-0.15, -0.1) is 0 Å². The van der Waals surface area contributed by atoms with Crippen molar-refractivity contribution in [1.82, 2.24) is 0 Å². The Morgan fingerprint density at radius 3 is 2.25 bits per heavy atom. The molecule has 0 aromatic heterocycles. The molecular weight excluding hydrogens is 80.2 g/mol. The molecule has 0 aliphatic rings. The van der Waals surface area contributed by atoms with Crippen molar-refractivity contribution in [2.45, 2.75) is 5.67 Å². The van der Waals surface area contributed by atoms with Crippen LogP contribution in [0.3, 0.4) is 0 Å². The van der Waals surface area contributed by atoms with Crippen LogP contribution in [0.5, 0.6) is 0 Å². The van der Waals surface area contributed by atoms with Gasteiger partial charge in [0.15, 0.2) is 0 Å². The van der Waals surface area contributed by atoms with Crippen LogP contribution in [0.25, 0.3) is 0 Å². The Balaban J connectivity index is 2.43. The highest BCUT2D eigenvalue weighted by Crippen LogP contribution is 1.41. The predicted molar refractivity (Wildman–Crippen MR) is 25.4 cm³/mol. The molecule has 0 spiro atoms. The molecule has 0 heterocycles. The molecular formula is C2H6Si2. The van der Waals surface area contributed by atoms with Crippen molar-refractivity contribution in [2.24, 2.45) is 0 Å². The van der Waals surface area contributed by atoms with Crippen molar-refractivity contribution in [3.8, 4) is 6.00 Å². The summed E-state index contributed by atoms with van der Waals surface area (Å²) in [5.74, 6) is 0. The number of hydrogen-bond donors (Lipinski definition) is 0. The third-order valence-corrected chi connectivity index (χ3v) is 1.84. The Hall–Kier alpha value is 0.214. The average molecular weight is 86.2 g/mol. The second-order valence-corrected chi connectivity index (χ2v) is 3.79. The highest BCUT2D eigenvalue weighted by atomic mass is 28.2. The molecule has 0 fully saturated rings. The van der Waals surface area contributed by atoms with E-state index < -0.39 is 0 Å². The van der Waals surface area contributed by atoms with Crippen LogP contribution >= 0.6 is 0 Å². The van der Waals surface area contributed by atoms with Crippen LogP contribution in [0.4, 0.5) is 0 Å². The van der Waals surface area contributed by atoms with Gasteiger partial charge in [-0.25, -0.2) is 0 Å². The van der Waals surface area contributed by atoms with Gasteiger partial charge in [0, 0.05) is 10.2 Å². The fourth-order valence-corrected chi connectivity index (χ4v) is 0. The lowest BCUT2D eigenvalue weighted by atomic mass is 11.9. The molecule has 2 heteroatoms. The largest absolute Gasteiger partial charge is 0.158 e. The Bertz CT molecular complexity index is 33.8. The molecule has 0 unspecified atom stereocenters. The van der Waals surface area contributed by atoms with Gasteiger partial charge in [0.25, 0.3) is 0 Å². The zero-order chi connectivity index (χ0) is 3.41. The quantitative estimate of drug-likeness (QED) is 0.332. The first-order chi connectivity index (χ1) is 1.91. The Morgan fingerprint density at radius 1 is 2.00 bits per heavy atom. The standard InChI is InChI=1S/C2H6Si2/c1-4-2-3/h1H,2H2,3H3. The molecule has 0 aliphatic carbocycles. The lowest BCUT2D eigenvalue weighted by Gasteiger charge is -1.50. The van der Waals surface area contributed by atoms with E-state index in [2.05, 4.69) is 0 Å². The molecule has 4 heavy (non-hydrogen) atoms. The second-order valence-electron chi connectivity index (χ2n) is 0.558. The van der Waals surface area contributed by atoms with Crippen LogP contribution in [0.2, 0.25) is 5.67 Å². The average Bonchev–Trinajstić information content (AvgIpc) is 1.37. The molecule has 0 saturated carbocycles. The maximum absolute atomic E-state index is 5.09. The highest BCUT2D eigenvalue weighted by Gasteiger charge is 1.45. The zero-order valence-electron chi connectivity index (χ0n) is 2.78. The summed E-state index contributed by atoms with van der Waals surface area (Å²) in [6.45, 7) is 0. The number of hydrogen-bond acceptors (Lipinski definition) is 0. The van der Waals surface area contributed by atoms with Crippen LogP contribution in [-0.2, 0) is 0 Å². The van der Waals surface area contributed by atoms with E-state index in [9.17, 15) is 0 Å². The minimum absolute atomic E-state index is 0.702. The summed E-state index contributed by atoms with van der Waals surface area (Å²) >= 11 is 0. The molecule has 0 amide bonds. The minimum atomic E-state index is 0.702. The SMILES string of the molecule is C#[Si]C[SiH3]. The van der Waals surface area contributed by atoms with E-state index in [0.717, 1.165) is 0 Å². The van der Waals surface area contributed by atoms with Crippen molar-refractivity contribution >= 4 is 19.2 Å². The molecule has 0 aliphatic heterocycles. The van der Waals surface area contributed by atoms with Crippen LogP contribution in [-0.4, -0.2) is 19.2 Å². The van der Waals surface area contributed by atoms with Gasteiger partial charge in [-0.3, -0.25) is 0 Å². The van der Waals surface area contributed by atoms with E-state index in [4.69, 9.17) is 6.00 Å². The summed E-state index contributed by atoms with van der Waals surface area (Å²) in [4.78, 5) is 0. The smallest absolute Gasteiger partial charge is 0.0107 e. The summed E-state index contributed by atoms with van der Waals surface area (Å²) in [6.07, 6.45) is 0. The van der Waals surface area contributed by atoms with Gasteiger partial charge in [-0.05, 0) is 14.6 Å². The summed E-state index contributed by atoms with van der Waals surface area (Å²) in [5.41, 5.74) is 1.26. The van der Waals surface area contributed by atoms with Gasteiger partial charge in [0.05, 0.1) is 0 Å². The van der Waals surface area contributed by atoms with E-state index in [1.807, 2.05) is 0 Å². The van der Waals surface area contributed by atoms with Crippen molar-refractivity contribution in [3.05, 3.63) is 0 Å². The van der Waals surface area contributed by atoms with Gasteiger partial charge >= 0.3 is 0 Å². The van der Waals surface area contributed by atoms with Gasteiger partial charge in [-0.1, -0.05) is 0 Å². The topological polar surface area (TPSA) is 0 Å². The van der Waals surface area contributed by atoms with E-state index in [-0.39, 0.29) is 0 Å². The lowest BCUT2D eigenvalue weighted by Crippen LogP contribution is -1.60. The highest BCUT2D eigenvalue weighted by molar-refractivity contribution is 6.37. The molecule has 0 atom stereocenters. The van der Waals surface area contributed by atoms with E-state index >= 15 is 0 Å². The van der Waals surface area contributed by atoms with Crippen LogP contribution in [0.1, 0.15) is 0 Å². The monoisotopic (exact) mass is 86.0 g/mol. The maximum Gasteiger partial charge on any atom is 0.0107 e.